The van der Waals surface area contributed by atoms with Crippen molar-refractivity contribution in [3.05, 3.63) is 59.0 Å². The van der Waals surface area contributed by atoms with Gasteiger partial charge in [0.15, 0.2) is 0 Å². The molecule has 0 unspecified atom stereocenters. The predicted molar refractivity (Wildman–Crippen MR) is 77.3 cm³/mol. The molecule has 24 heavy (non-hydrogen) atoms. The molecule has 2 aromatic rings. The van der Waals surface area contributed by atoms with Crippen LogP contribution in [-0.4, -0.2) is 18.5 Å². The highest BCUT2D eigenvalue weighted by Gasteiger charge is 2.34. The van der Waals surface area contributed by atoms with Gasteiger partial charge in [-0.1, -0.05) is 12.1 Å². The summed E-state index contributed by atoms with van der Waals surface area (Å²) in [6.07, 6.45) is -4.63. The van der Waals surface area contributed by atoms with Crippen molar-refractivity contribution in [3.63, 3.8) is 0 Å². The Bertz CT molecular complexity index is 737. The Balaban J connectivity index is 2.06. The first-order chi connectivity index (χ1) is 11.3. The predicted octanol–water partition coefficient (Wildman–Crippen LogP) is 3.41. The number of halogens is 3. The summed E-state index contributed by atoms with van der Waals surface area (Å²) < 4.78 is 48.6. The first-order valence-electron chi connectivity index (χ1n) is 7.03. The second kappa shape index (κ2) is 7.20. The molecule has 2 rings (SSSR count). The summed E-state index contributed by atoms with van der Waals surface area (Å²) in [4.78, 5) is 23.4. The Kier molecular flexibility index (Phi) is 5.28. The number of nitrogens with one attached hydrogen (secondary N) is 1. The standard InChI is InChI=1S/C16H14F3NO4/c1-2-23-15(22)13-8-7-10(24-13)9-20-14(21)11-5-3-4-6-12(11)16(17,18)19/h3-8H,2,9H2,1H3,(H,20,21). The second-order valence-corrected chi connectivity index (χ2v) is 4.71. The minimum absolute atomic E-state index is 0.0446. The summed E-state index contributed by atoms with van der Waals surface area (Å²) in [5.74, 6) is -1.37. The molecule has 0 aliphatic heterocycles. The highest BCUT2D eigenvalue weighted by atomic mass is 19.4. The molecule has 0 aliphatic carbocycles. The average Bonchev–Trinajstić information content (AvgIpc) is 3.01. The van der Waals surface area contributed by atoms with Crippen LogP contribution in [0.4, 0.5) is 13.2 Å². The number of amides is 1. The maximum Gasteiger partial charge on any atom is 0.417 e. The van der Waals surface area contributed by atoms with Crippen LogP contribution in [0.3, 0.4) is 0 Å². The van der Waals surface area contributed by atoms with E-state index in [0.29, 0.717) is 0 Å². The highest BCUT2D eigenvalue weighted by Crippen LogP contribution is 2.31. The molecule has 1 aromatic carbocycles. The van der Waals surface area contributed by atoms with Gasteiger partial charge in [-0.3, -0.25) is 4.79 Å². The Hall–Kier alpha value is -2.77. The molecular formula is C16H14F3NO4. The quantitative estimate of drug-likeness (QED) is 0.846. The van der Waals surface area contributed by atoms with E-state index in [9.17, 15) is 22.8 Å². The normalized spacial score (nSPS) is 11.2. The van der Waals surface area contributed by atoms with E-state index < -0.39 is 29.2 Å². The van der Waals surface area contributed by atoms with Crippen LogP contribution in [0.2, 0.25) is 0 Å². The number of carbonyl (C=O) groups is 2. The molecule has 0 radical (unpaired) electrons. The van der Waals surface area contributed by atoms with E-state index in [-0.39, 0.29) is 24.7 Å². The Labute approximate surface area is 135 Å². The smallest absolute Gasteiger partial charge is 0.417 e. The van der Waals surface area contributed by atoms with Crippen LogP contribution in [0.15, 0.2) is 40.8 Å². The van der Waals surface area contributed by atoms with Crippen molar-refractivity contribution in [2.45, 2.75) is 19.6 Å². The van der Waals surface area contributed by atoms with Crippen molar-refractivity contribution >= 4 is 11.9 Å². The second-order valence-electron chi connectivity index (χ2n) is 4.71. The fourth-order valence-corrected chi connectivity index (χ4v) is 1.98. The molecule has 1 amide bonds. The van der Waals surface area contributed by atoms with Crippen LogP contribution < -0.4 is 5.32 Å². The van der Waals surface area contributed by atoms with Crippen LogP contribution >= 0.6 is 0 Å². The average molecular weight is 341 g/mol. The molecule has 0 bridgehead atoms. The largest absolute Gasteiger partial charge is 0.460 e. The highest BCUT2D eigenvalue weighted by molar-refractivity contribution is 5.95. The van der Waals surface area contributed by atoms with Crippen molar-refractivity contribution in [1.29, 1.82) is 0 Å². The van der Waals surface area contributed by atoms with Gasteiger partial charge in [0.1, 0.15) is 5.76 Å². The summed E-state index contributed by atoms with van der Waals surface area (Å²) in [5.41, 5.74) is -1.50. The molecule has 1 heterocycles. The number of hydrogen-bond acceptors (Lipinski definition) is 4. The molecular weight excluding hydrogens is 327 g/mol. The lowest BCUT2D eigenvalue weighted by atomic mass is 10.1. The van der Waals surface area contributed by atoms with Gasteiger partial charge in [0, 0.05) is 0 Å². The zero-order valence-electron chi connectivity index (χ0n) is 12.6. The minimum atomic E-state index is -4.63. The van der Waals surface area contributed by atoms with E-state index >= 15 is 0 Å². The summed E-state index contributed by atoms with van der Waals surface area (Å²) in [6, 6.07) is 7.27. The van der Waals surface area contributed by atoms with E-state index in [4.69, 9.17) is 9.15 Å². The molecule has 0 fully saturated rings. The van der Waals surface area contributed by atoms with Gasteiger partial charge in [-0.15, -0.1) is 0 Å². The lowest BCUT2D eigenvalue weighted by Gasteiger charge is -2.12. The Morgan fingerprint density at radius 2 is 1.88 bits per heavy atom. The van der Waals surface area contributed by atoms with Gasteiger partial charge in [0.05, 0.1) is 24.3 Å². The lowest BCUT2D eigenvalue weighted by molar-refractivity contribution is -0.137. The zero-order chi connectivity index (χ0) is 17.7. The SMILES string of the molecule is CCOC(=O)c1ccc(CNC(=O)c2ccccc2C(F)(F)F)o1. The van der Waals surface area contributed by atoms with Gasteiger partial charge < -0.3 is 14.5 Å². The molecule has 1 N–H and O–H groups in total. The van der Waals surface area contributed by atoms with Crippen LogP contribution in [0, 0.1) is 0 Å². The van der Waals surface area contributed by atoms with E-state index in [1.807, 2.05) is 0 Å². The monoisotopic (exact) mass is 341 g/mol. The summed E-state index contributed by atoms with van der Waals surface area (Å²) in [5, 5.41) is 2.33. The third kappa shape index (κ3) is 4.15. The van der Waals surface area contributed by atoms with E-state index in [0.717, 1.165) is 12.1 Å². The first-order valence-corrected chi connectivity index (χ1v) is 7.03. The van der Waals surface area contributed by atoms with E-state index in [1.54, 1.807) is 6.92 Å². The molecule has 128 valence electrons. The molecule has 1 aromatic heterocycles. The number of benzene rings is 1. The van der Waals surface area contributed by atoms with Crippen LogP contribution in [0.25, 0.3) is 0 Å². The van der Waals surface area contributed by atoms with Crippen molar-refractivity contribution in [2.75, 3.05) is 6.61 Å². The van der Waals surface area contributed by atoms with Gasteiger partial charge >= 0.3 is 12.1 Å². The van der Waals surface area contributed by atoms with Crippen molar-refractivity contribution in [1.82, 2.24) is 5.32 Å². The van der Waals surface area contributed by atoms with Gasteiger partial charge in [0.25, 0.3) is 5.91 Å². The van der Waals surface area contributed by atoms with Gasteiger partial charge in [0.2, 0.25) is 5.76 Å². The molecule has 0 spiro atoms. The molecule has 0 aliphatic rings. The summed E-state index contributed by atoms with van der Waals surface area (Å²) in [7, 11) is 0. The van der Waals surface area contributed by atoms with Crippen molar-refractivity contribution < 1.29 is 31.9 Å². The third-order valence-electron chi connectivity index (χ3n) is 3.04. The summed E-state index contributed by atoms with van der Waals surface area (Å²) in [6.45, 7) is 1.66. The number of rotatable bonds is 5. The Morgan fingerprint density at radius 1 is 1.17 bits per heavy atom. The molecule has 0 atom stereocenters. The van der Waals surface area contributed by atoms with E-state index in [2.05, 4.69) is 5.32 Å². The summed E-state index contributed by atoms with van der Waals surface area (Å²) >= 11 is 0. The topological polar surface area (TPSA) is 68.5 Å². The zero-order valence-corrected chi connectivity index (χ0v) is 12.6. The van der Waals surface area contributed by atoms with Crippen LogP contribution in [0.1, 0.15) is 39.2 Å². The number of alkyl halides is 3. The molecule has 5 nitrogen and oxygen atoms in total. The maximum absolute atomic E-state index is 12.9. The third-order valence-corrected chi connectivity index (χ3v) is 3.04. The van der Waals surface area contributed by atoms with E-state index in [1.165, 1.54) is 24.3 Å². The molecule has 0 saturated carbocycles. The lowest BCUT2D eigenvalue weighted by Crippen LogP contribution is -2.25. The minimum Gasteiger partial charge on any atom is -0.460 e. The fourth-order valence-electron chi connectivity index (χ4n) is 1.98. The molecule has 0 saturated heterocycles. The van der Waals surface area contributed by atoms with Crippen molar-refractivity contribution in [3.8, 4) is 0 Å². The van der Waals surface area contributed by atoms with Crippen LogP contribution in [0.5, 0.6) is 0 Å². The fraction of sp³-hybridized carbons (Fsp3) is 0.250. The van der Waals surface area contributed by atoms with Crippen LogP contribution in [-0.2, 0) is 17.5 Å². The van der Waals surface area contributed by atoms with Gasteiger partial charge in [-0.25, -0.2) is 4.79 Å². The Morgan fingerprint density at radius 3 is 2.54 bits per heavy atom. The number of esters is 1. The van der Waals surface area contributed by atoms with Gasteiger partial charge in [-0.05, 0) is 31.2 Å². The molecule has 8 heteroatoms. The van der Waals surface area contributed by atoms with Crippen molar-refractivity contribution in [2.24, 2.45) is 0 Å². The number of carbonyl (C=O) groups excluding carboxylic acids is 2. The number of furan rings is 1. The first kappa shape index (κ1) is 17.6. The number of hydrogen-bond donors (Lipinski definition) is 1. The maximum atomic E-state index is 12.9. The number of ether oxygens (including phenoxy) is 1. The van der Waals surface area contributed by atoms with Gasteiger partial charge in [-0.2, -0.15) is 13.2 Å².